The Morgan fingerprint density at radius 3 is 0.950 bits per heavy atom. The first-order valence-corrected chi connectivity index (χ1v) is 13.8. The average Bonchev–Trinajstić information content (AvgIpc) is 3.54. The standard InChI is InChI=1S/C38H24N2/c1-5-13-35-31(9-1)32-10-2-6-14-36(32)39(35)27-19-21-29-25(23-27)17-18-26-24-28(20-22-30(26)29)40-37-15-7-3-11-33(37)34-12-4-8-16-38(34)40/h1-24H. The van der Waals surface area contributed by atoms with E-state index in [2.05, 4.69) is 155 Å². The van der Waals surface area contributed by atoms with E-state index in [1.165, 1.54) is 76.5 Å². The van der Waals surface area contributed by atoms with Crippen molar-refractivity contribution in [1.82, 2.24) is 9.13 Å². The zero-order valence-electron chi connectivity index (χ0n) is 21.8. The van der Waals surface area contributed by atoms with Crippen LogP contribution in [0.5, 0.6) is 0 Å². The Bertz CT molecular complexity index is 2160. The van der Waals surface area contributed by atoms with Crippen molar-refractivity contribution < 1.29 is 0 Å². The second-order valence-corrected chi connectivity index (χ2v) is 10.6. The van der Waals surface area contributed by atoms with Gasteiger partial charge in [-0.2, -0.15) is 0 Å². The van der Waals surface area contributed by atoms with E-state index in [4.69, 9.17) is 0 Å². The lowest BCUT2D eigenvalue weighted by Crippen LogP contribution is -1.95. The number of fused-ring (bicyclic) bond motifs is 9. The van der Waals surface area contributed by atoms with Gasteiger partial charge in [-0.3, -0.25) is 0 Å². The summed E-state index contributed by atoms with van der Waals surface area (Å²) < 4.78 is 4.78. The Hall–Kier alpha value is -5.34. The van der Waals surface area contributed by atoms with Gasteiger partial charge in [0.25, 0.3) is 0 Å². The highest BCUT2D eigenvalue weighted by molar-refractivity contribution is 6.12. The third kappa shape index (κ3) is 2.93. The topological polar surface area (TPSA) is 9.86 Å². The third-order valence-electron chi connectivity index (χ3n) is 8.48. The first kappa shape index (κ1) is 21.6. The molecule has 0 amide bonds. The van der Waals surface area contributed by atoms with Gasteiger partial charge < -0.3 is 9.13 Å². The summed E-state index contributed by atoms with van der Waals surface area (Å²) in [6.07, 6.45) is 0. The molecule has 0 aliphatic carbocycles. The van der Waals surface area contributed by atoms with Crippen LogP contribution in [0.4, 0.5) is 0 Å². The summed E-state index contributed by atoms with van der Waals surface area (Å²) >= 11 is 0. The van der Waals surface area contributed by atoms with Crippen LogP contribution in [0.3, 0.4) is 0 Å². The first-order chi connectivity index (χ1) is 19.8. The number of rotatable bonds is 2. The maximum atomic E-state index is 2.39. The molecule has 0 bridgehead atoms. The van der Waals surface area contributed by atoms with Crippen molar-refractivity contribution in [3.63, 3.8) is 0 Å². The summed E-state index contributed by atoms with van der Waals surface area (Å²) in [7, 11) is 0. The number of para-hydroxylation sites is 4. The molecule has 2 heteroatoms. The zero-order valence-corrected chi connectivity index (χ0v) is 21.8. The Labute approximate surface area is 230 Å². The van der Waals surface area contributed by atoms with Gasteiger partial charge in [0.1, 0.15) is 0 Å². The smallest absolute Gasteiger partial charge is 0.0541 e. The highest BCUT2D eigenvalue weighted by atomic mass is 15.0. The summed E-state index contributed by atoms with van der Waals surface area (Å²) in [4.78, 5) is 0. The van der Waals surface area contributed by atoms with Gasteiger partial charge in [-0.25, -0.2) is 0 Å². The number of hydrogen-bond acceptors (Lipinski definition) is 0. The van der Waals surface area contributed by atoms with E-state index in [1.807, 2.05) is 0 Å². The fourth-order valence-electron chi connectivity index (χ4n) is 6.73. The molecule has 0 radical (unpaired) electrons. The van der Waals surface area contributed by atoms with E-state index in [0.717, 1.165) is 0 Å². The van der Waals surface area contributed by atoms with Crippen LogP contribution in [-0.4, -0.2) is 9.13 Å². The summed E-state index contributed by atoms with van der Waals surface area (Å²) in [5.74, 6) is 0. The molecule has 0 atom stereocenters. The lowest BCUT2D eigenvalue weighted by molar-refractivity contribution is 1.18. The molecule has 0 fully saturated rings. The van der Waals surface area contributed by atoms with Crippen LogP contribution in [0.2, 0.25) is 0 Å². The predicted octanol–water partition coefficient (Wildman–Crippen LogP) is 10.2. The summed E-state index contributed by atoms with van der Waals surface area (Å²) in [5.41, 5.74) is 7.32. The lowest BCUT2D eigenvalue weighted by Gasteiger charge is -2.12. The van der Waals surface area contributed by atoms with Crippen LogP contribution in [0.15, 0.2) is 146 Å². The molecule has 0 spiro atoms. The normalized spacial score (nSPS) is 12.0. The Morgan fingerprint density at radius 2 is 0.600 bits per heavy atom. The second-order valence-electron chi connectivity index (χ2n) is 10.6. The van der Waals surface area contributed by atoms with Gasteiger partial charge in [0.15, 0.2) is 0 Å². The molecule has 40 heavy (non-hydrogen) atoms. The minimum atomic E-state index is 1.19. The fourth-order valence-corrected chi connectivity index (χ4v) is 6.73. The molecule has 2 nitrogen and oxygen atoms in total. The molecule has 2 aromatic heterocycles. The number of hydrogen-bond donors (Lipinski definition) is 0. The van der Waals surface area contributed by atoms with E-state index >= 15 is 0 Å². The van der Waals surface area contributed by atoms with Crippen molar-refractivity contribution in [1.29, 1.82) is 0 Å². The predicted molar refractivity (Wildman–Crippen MR) is 170 cm³/mol. The molecule has 7 aromatic carbocycles. The maximum Gasteiger partial charge on any atom is 0.0541 e. The van der Waals surface area contributed by atoms with Gasteiger partial charge in [-0.15, -0.1) is 0 Å². The molecular formula is C38H24N2. The van der Waals surface area contributed by atoms with Crippen LogP contribution >= 0.6 is 0 Å². The van der Waals surface area contributed by atoms with Gasteiger partial charge in [0, 0.05) is 32.9 Å². The van der Waals surface area contributed by atoms with Crippen molar-refractivity contribution >= 4 is 65.2 Å². The van der Waals surface area contributed by atoms with Gasteiger partial charge in [-0.1, -0.05) is 97.1 Å². The summed E-state index contributed by atoms with van der Waals surface area (Å²) in [6.45, 7) is 0. The minimum Gasteiger partial charge on any atom is -0.309 e. The van der Waals surface area contributed by atoms with Crippen molar-refractivity contribution in [2.75, 3.05) is 0 Å². The molecule has 9 aromatic rings. The summed E-state index contributed by atoms with van der Waals surface area (Å²) in [6, 6.07) is 53.1. The highest BCUT2D eigenvalue weighted by Gasteiger charge is 2.14. The van der Waals surface area contributed by atoms with Gasteiger partial charge >= 0.3 is 0 Å². The molecule has 0 aliphatic rings. The molecular weight excluding hydrogens is 484 g/mol. The number of nitrogens with zero attached hydrogens (tertiary/aromatic N) is 2. The number of aromatic nitrogens is 2. The van der Waals surface area contributed by atoms with Crippen molar-refractivity contribution in [3.05, 3.63) is 146 Å². The number of benzene rings is 7. The van der Waals surface area contributed by atoms with E-state index in [0.29, 0.717) is 0 Å². The van der Waals surface area contributed by atoms with E-state index in [1.54, 1.807) is 0 Å². The Morgan fingerprint density at radius 1 is 0.275 bits per heavy atom. The van der Waals surface area contributed by atoms with E-state index in [9.17, 15) is 0 Å². The molecule has 186 valence electrons. The van der Waals surface area contributed by atoms with Crippen molar-refractivity contribution in [3.8, 4) is 11.4 Å². The molecule has 0 unspecified atom stereocenters. The van der Waals surface area contributed by atoms with Crippen molar-refractivity contribution in [2.45, 2.75) is 0 Å². The van der Waals surface area contributed by atoms with Gasteiger partial charge in [0.05, 0.1) is 22.1 Å². The van der Waals surface area contributed by atoms with Crippen molar-refractivity contribution in [2.24, 2.45) is 0 Å². The van der Waals surface area contributed by atoms with Crippen LogP contribution in [-0.2, 0) is 0 Å². The fraction of sp³-hybridized carbons (Fsp3) is 0. The molecule has 0 N–H and O–H groups in total. The SMILES string of the molecule is c1ccc2c(c1)c1ccccc1n2-c1ccc2c(ccc3cc(-n4c5ccccc5c5ccccc54)ccc32)c1. The lowest BCUT2D eigenvalue weighted by atomic mass is 10.0. The monoisotopic (exact) mass is 508 g/mol. The van der Waals surface area contributed by atoms with Gasteiger partial charge in [0.2, 0.25) is 0 Å². The molecule has 0 saturated carbocycles. The minimum absolute atomic E-state index is 1.19. The largest absolute Gasteiger partial charge is 0.309 e. The van der Waals surface area contributed by atoms with Gasteiger partial charge in [-0.05, 0) is 70.1 Å². The Kier molecular flexibility index (Phi) is 4.36. The molecule has 9 rings (SSSR count). The van der Waals surface area contributed by atoms with Crippen LogP contribution in [0.25, 0.3) is 76.5 Å². The van der Waals surface area contributed by atoms with E-state index < -0.39 is 0 Å². The quantitative estimate of drug-likeness (QED) is 0.206. The highest BCUT2D eigenvalue weighted by Crippen LogP contribution is 2.36. The molecule has 0 saturated heterocycles. The third-order valence-corrected chi connectivity index (χ3v) is 8.48. The first-order valence-electron chi connectivity index (χ1n) is 13.8. The second kappa shape index (κ2) is 8.08. The summed E-state index contributed by atoms with van der Waals surface area (Å²) in [5, 5.41) is 10.2. The molecule has 0 aliphatic heterocycles. The zero-order chi connectivity index (χ0) is 26.2. The molecule has 2 heterocycles. The van der Waals surface area contributed by atoms with Crippen LogP contribution in [0.1, 0.15) is 0 Å². The van der Waals surface area contributed by atoms with Crippen LogP contribution in [0, 0.1) is 0 Å². The average molecular weight is 509 g/mol. The van der Waals surface area contributed by atoms with Crippen LogP contribution < -0.4 is 0 Å². The van der Waals surface area contributed by atoms with E-state index in [-0.39, 0.29) is 0 Å². The maximum absolute atomic E-state index is 2.39. The Balaban J connectivity index is 1.24.